The van der Waals surface area contributed by atoms with Crippen LogP contribution in [0.25, 0.3) is 0 Å². The Morgan fingerprint density at radius 3 is 2.39 bits per heavy atom. The lowest BCUT2D eigenvalue weighted by Gasteiger charge is -2.18. The minimum absolute atomic E-state index is 0.607. The van der Waals surface area contributed by atoms with Crippen molar-refractivity contribution in [2.75, 3.05) is 24.5 Å². The van der Waals surface area contributed by atoms with Crippen LogP contribution in [-0.2, 0) is 6.54 Å². The smallest absolute Gasteiger partial charge is 0.0366 e. The van der Waals surface area contributed by atoms with Gasteiger partial charge >= 0.3 is 0 Å². The van der Waals surface area contributed by atoms with Gasteiger partial charge in [-0.3, -0.25) is 0 Å². The van der Waals surface area contributed by atoms with Crippen molar-refractivity contribution >= 4 is 5.69 Å². The lowest BCUT2D eigenvalue weighted by atomic mass is 10.1. The van der Waals surface area contributed by atoms with Crippen molar-refractivity contribution in [3.63, 3.8) is 0 Å². The average molecular weight is 244 g/mol. The molecule has 2 fully saturated rings. The molecule has 2 aliphatic rings. The Morgan fingerprint density at radius 1 is 1.11 bits per heavy atom. The summed E-state index contributed by atoms with van der Waals surface area (Å²) in [6, 6.07) is 9.11. The second-order valence-electron chi connectivity index (χ2n) is 6.27. The van der Waals surface area contributed by atoms with E-state index in [2.05, 4.69) is 41.4 Å². The maximum atomic E-state index is 3.58. The van der Waals surface area contributed by atoms with Crippen LogP contribution >= 0.6 is 0 Å². The predicted molar refractivity (Wildman–Crippen MR) is 76.9 cm³/mol. The normalized spacial score (nSPS) is 21.3. The number of anilines is 1. The van der Waals surface area contributed by atoms with E-state index >= 15 is 0 Å². The first kappa shape index (κ1) is 12.0. The summed E-state index contributed by atoms with van der Waals surface area (Å²) in [5.41, 5.74) is 3.41. The molecule has 1 N–H and O–H groups in total. The van der Waals surface area contributed by atoms with Gasteiger partial charge in [0.2, 0.25) is 0 Å². The van der Waals surface area contributed by atoms with E-state index in [1.54, 1.807) is 0 Å². The van der Waals surface area contributed by atoms with Crippen molar-refractivity contribution < 1.29 is 0 Å². The molecule has 2 nitrogen and oxygen atoms in total. The molecule has 1 saturated carbocycles. The van der Waals surface area contributed by atoms with Gasteiger partial charge in [-0.1, -0.05) is 19.1 Å². The first-order chi connectivity index (χ1) is 8.75. The number of hydrogen-bond donors (Lipinski definition) is 1. The fraction of sp³-hybridized carbons (Fsp3) is 0.625. The molecule has 1 aliphatic carbocycles. The van der Waals surface area contributed by atoms with Gasteiger partial charge in [0.15, 0.2) is 0 Å². The SMILES string of the molecule is CC1(CNCc2ccc(N3CCCC3)cc2)CC1. The molecule has 18 heavy (non-hydrogen) atoms. The maximum absolute atomic E-state index is 3.58. The van der Waals surface area contributed by atoms with Crippen molar-refractivity contribution in [1.29, 1.82) is 0 Å². The first-order valence-corrected chi connectivity index (χ1v) is 7.30. The van der Waals surface area contributed by atoms with Gasteiger partial charge in [0.05, 0.1) is 0 Å². The fourth-order valence-corrected chi connectivity index (χ4v) is 2.70. The highest BCUT2D eigenvalue weighted by atomic mass is 15.1. The second-order valence-corrected chi connectivity index (χ2v) is 6.27. The van der Waals surface area contributed by atoms with Crippen LogP contribution in [0.5, 0.6) is 0 Å². The molecule has 0 atom stereocenters. The van der Waals surface area contributed by atoms with E-state index in [1.807, 2.05) is 0 Å². The largest absolute Gasteiger partial charge is 0.372 e. The summed E-state index contributed by atoms with van der Waals surface area (Å²) in [5.74, 6) is 0. The van der Waals surface area contributed by atoms with Gasteiger partial charge in [0.25, 0.3) is 0 Å². The molecule has 1 aromatic rings. The summed E-state index contributed by atoms with van der Waals surface area (Å²) >= 11 is 0. The van der Waals surface area contributed by atoms with E-state index < -0.39 is 0 Å². The van der Waals surface area contributed by atoms with Crippen LogP contribution in [0, 0.1) is 5.41 Å². The zero-order valence-corrected chi connectivity index (χ0v) is 11.4. The highest BCUT2D eigenvalue weighted by Crippen LogP contribution is 2.44. The third kappa shape index (κ3) is 2.86. The molecule has 1 aromatic carbocycles. The molecule has 1 heterocycles. The van der Waals surface area contributed by atoms with Crippen molar-refractivity contribution in [1.82, 2.24) is 5.32 Å². The van der Waals surface area contributed by atoms with Crippen molar-refractivity contribution in [2.45, 2.75) is 39.2 Å². The van der Waals surface area contributed by atoms with Gasteiger partial charge in [-0.15, -0.1) is 0 Å². The molecule has 3 rings (SSSR count). The zero-order chi connectivity index (χ0) is 12.4. The van der Waals surface area contributed by atoms with Crippen LogP contribution in [0.2, 0.25) is 0 Å². The number of hydrogen-bond acceptors (Lipinski definition) is 2. The van der Waals surface area contributed by atoms with E-state index in [-0.39, 0.29) is 0 Å². The van der Waals surface area contributed by atoms with Crippen LogP contribution < -0.4 is 10.2 Å². The topological polar surface area (TPSA) is 15.3 Å². The minimum atomic E-state index is 0.607. The van der Waals surface area contributed by atoms with Gasteiger partial charge in [-0.2, -0.15) is 0 Å². The van der Waals surface area contributed by atoms with Gasteiger partial charge in [-0.25, -0.2) is 0 Å². The van der Waals surface area contributed by atoms with Gasteiger partial charge in [0, 0.05) is 31.9 Å². The van der Waals surface area contributed by atoms with Crippen molar-refractivity contribution in [3.8, 4) is 0 Å². The van der Waals surface area contributed by atoms with Gasteiger partial charge in [-0.05, 0) is 48.8 Å². The lowest BCUT2D eigenvalue weighted by Crippen LogP contribution is -2.21. The minimum Gasteiger partial charge on any atom is -0.372 e. The number of nitrogens with one attached hydrogen (secondary N) is 1. The van der Waals surface area contributed by atoms with E-state index in [1.165, 1.54) is 56.6 Å². The molecule has 0 amide bonds. The Labute approximate surface area is 110 Å². The number of rotatable bonds is 5. The monoisotopic (exact) mass is 244 g/mol. The molecule has 0 aromatic heterocycles. The number of benzene rings is 1. The summed E-state index contributed by atoms with van der Waals surface area (Å²) in [7, 11) is 0. The summed E-state index contributed by atoms with van der Waals surface area (Å²) in [6.45, 7) is 7.01. The number of nitrogens with zero attached hydrogens (tertiary/aromatic N) is 1. The third-order valence-electron chi connectivity index (χ3n) is 4.39. The second kappa shape index (κ2) is 4.93. The average Bonchev–Trinajstić information content (AvgIpc) is 2.92. The third-order valence-corrected chi connectivity index (χ3v) is 4.39. The Bertz CT molecular complexity index is 386. The molecule has 0 bridgehead atoms. The molecular formula is C16H24N2. The Balaban J connectivity index is 1.50. The Hall–Kier alpha value is -1.02. The maximum Gasteiger partial charge on any atom is 0.0366 e. The fourth-order valence-electron chi connectivity index (χ4n) is 2.70. The molecule has 98 valence electrons. The summed E-state index contributed by atoms with van der Waals surface area (Å²) < 4.78 is 0. The predicted octanol–water partition coefficient (Wildman–Crippen LogP) is 3.18. The first-order valence-electron chi connectivity index (χ1n) is 7.30. The standard InChI is InChI=1S/C16H24N2/c1-16(8-9-16)13-17-12-14-4-6-15(7-5-14)18-10-2-3-11-18/h4-7,17H,2-3,8-13H2,1H3. The highest BCUT2D eigenvalue weighted by Gasteiger charge is 2.36. The molecule has 0 spiro atoms. The van der Waals surface area contributed by atoms with Crippen molar-refractivity contribution in [3.05, 3.63) is 29.8 Å². The van der Waals surface area contributed by atoms with E-state index in [0.717, 1.165) is 6.54 Å². The summed E-state index contributed by atoms with van der Waals surface area (Å²) in [5, 5.41) is 3.58. The summed E-state index contributed by atoms with van der Waals surface area (Å²) in [6.07, 6.45) is 5.49. The molecule has 0 unspecified atom stereocenters. The van der Waals surface area contributed by atoms with Crippen molar-refractivity contribution in [2.24, 2.45) is 5.41 Å². The van der Waals surface area contributed by atoms with Crippen LogP contribution in [0.4, 0.5) is 5.69 Å². The lowest BCUT2D eigenvalue weighted by molar-refractivity contribution is 0.499. The van der Waals surface area contributed by atoms with Gasteiger partial charge in [0.1, 0.15) is 0 Å². The van der Waals surface area contributed by atoms with Crippen LogP contribution in [-0.4, -0.2) is 19.6 Å². The van der Waals surface area contributed by atoms with Gasteiger partial charge < -0.3 is 10.2 Å². The van der Waals surface area contributed by atoms with E-state index in [0.29, 0.717) is 5.41 Å². The van der Waals surface area contributed by atoms with Crippen LogP contribution in [0.15, 0.2) is 24.3 Å². The van der Waals surface area contributed by atoms with Crippen LogP contribution in [0.1, 0.15) is 38.2 Å². The Morgan fingerprint density at radius 2 is 1.78 bits per heavy atom. The molecule has 2 heteroatoms. The summed E-state index contributed by atoms with van der Waals surface area (Å²) in [4.78, 5) is 2.49. The molecular weight excluding hydrogens is 220 g/mol. The van der Waals surface area contributed by atoms with E-state index in [4.69, 9.17) is 0 Å². The van der Waals surface area contributed by atoms with Crippen LogP contribution in [0.3, 0.4) is 0 Å². The Kier molecular flexibility index (Phi) is 3.29. The zero-order valence-electron chi connectivity index (χ0n) is 11.4. The molecule has 1 saturated heterocycles. The molecule has 1 aliphatic heterocycles. The van der Waals surface area contributed by atoms with E-state index in [9.17, 15) is 0 Å². The molecule has 0 radical (unpaired) electrons. The highest BCUT2D eigenvalue weighted by molar-refractivity contribution is 5.48. The quantitative estimate of drug-likeness (QED) is 0.856.